The Kier molecular flexibility index (Phi) is 7.42. The summed E-state index contributed by atoms with van der Waals surface area (Å²) in [5.41, 5.74) is 6.06. The molecule has 0 bridgehead atoms. The number of carbonyl (C=O) groups excluding carboxylic acids is 3. The third-order valence-corrected chi connectivity index (χ3v) is 3.27. The summed E-state index contributed by atoms with van der Waals surface area (Å²) in [6.07, 6.45) is 0.866. The van der Waals surface area contributed by atoms with E-state index in [1.54, 1.807) is 39.8 Å². The van der Waals surface area contributed by atoms with Crippen LogP contribution < -0.4 is 16.4 Å². The van der Waals surface area contributed by atoms with Crippen LogP contribution in [-0.4, -0.2) is 29.6 Å². The second-order valence-corrected chi connectivity index (χ2v) is 6.83. The average Bonchev–Trinajstić information content (AvgIpc) is 2.46. The molecule has 0 saturated carbocycles. The van der Waals surface area contributed by atoms with Gasteiger partial charge in [0, 0.05) is 12.1 Å². The summed E-state index contributed by atoms with van der Waals surface area (Å²) in [6, 6.07) is 6.56. The first-order chi connectivity index (χ1) is 11.6. The molecule has 1 atom stereocenters. The minimum absolute atomic E-state index is 0.291. The van der Waals surface area contributed by atoms with Crippen LogP contribution in [0.3, 0.4) is 0 Å². The zero-order valence-corrected chi connectivity index (χ0v) is 15.2. The molecule has 0 aliphatic heterocycles. The number of benzene rings is 1. The van der Waals surface area contributed by atoms with E-state index in [4.69, 9.17) is 10.5 Å². The van der Waals surface area contributed by atoms with E-state index in [9.17, 15) is 14.4 Å². The summed E-state index contributed by atoms with van der Waals surface area (Å²) in [4.78, 5) is 34.9. The molecule has 0 fully saturated rings. The van der Waals surface area contributed by atoms with Crippen molar-refractivity contribution in [1.82, 2.24) is 5.32 Å². The molecule has 3 amide bonds. The topological polar surface area (TPSA) is 111 Å². The number of nitrogens with one attached hydrogen (secondary N) is 2. The fraction of sp³-hybridized carbons (Fsp3) is 0.500. The number of amides is 3. The normalized spacial score (nSPS) is 12.2. The van der Waals surface area contributed by atoms with Crippen LogP contribution in [0.25, 0.3) is 0 Å². The molecule has 1 aromatic rings. The van der Waals surface area contributed by atoms with Crippen molar-refractivity contribution >= 4 is 23.6 Å². The lowest BCUT2D eigenvalue weighted by Gasteiger charge is -2.22. The summed E-state index contributed by atoms with van der Waals surface area (Å²) >= 11 is 0. The molecular formula is C18H27N3O4. The smallest absolute Gasteiger partial charge is 0.408 e. The van der Waals surface area contributed by atoms with E-state index < -0.39 is 17.7 Å². The average molecular weight is 349 g/mol. The molecule has 0 aromatic heterocycles. The van der Waals surface area contributed by atoms with Crippen molar-refractivity contribution in [2.45, 2.75) is 58.6 Å². The van der Waals surface area contributed by atoms with E-state index in [2.05, 4.69) is 10.6 Å². The van der Waals surface area contributed by atoms with E-state index in [-0.39, 0.29) is 11.8 Å². The Morgan fingerprint density at radius 2 is 1.84 bits per heavy atom. The van der Waals surface area contributed by atoms with Crippen LogP contribution in [0, 0.1) is 0 Å². The van der Waals surface area contributed by atoms with Crippen molar-refractivity contribution < 1.29 is 19.1 Å². The Balaban J connectivity index is 2.64. The molecule has 25 heavy (non-hydrogen) atoms. The lowest BCUT2D eigenvalue weighted by molar-refractivity contribution is -0.118. The summed E-state index contributed by atoms with van der Waals surface area (Å²) in [5, 5.41) is 5.29. The van der Waals surface area contributed by atoms with Crippen LogP contribution >= 0.6 is 0 Å². The summed E-state index contributed by atoms with van der Waals surface area (Å²) in [7, 11) is 0. The van der Waals surface area contributed by atoms with E-state index in [1.807, 2.05) is 12.1 Å². The van der Waals surface area contributed by atoms with E-state index in [0.29, 0.717) is 24.9 Å². The third kappa shape index (κ3) is 8.19. The van der Waals surface area contributed by atoms with Gasteiger partial charge in [-0.2, -0.15) is 0 Å². The molecular weight excluding hydrogens is 322 g/mol. The first kappa shape index (κ1) is 20.5. The first-order valence-electron chi connectivity index (χ1n) is 8.25. The van der Waals surface area contributed by atoms with Gasteiger partial charge >= 0.3 is 6.09 Å². The second kappa shape index (κ2) is 9.05. The van der Waals surface area contributed by atoms with Gasteiger partial charge in [-0.1, -0.05) is 18.2 Å². The number of alkyl carbamates (subject to hydrolysis) is 1. The number of aryl methyl sites for hydroxylation is 1. The highest BCUT2D eigenvalue weighted by molar-refractivity contribution is 5.96. The molecule has 0 unspecified atom stereocenters. The molecule has 7 heteroatoms. The van der Waals surface area contributed by atoms with Gasteiger partial charge in [-0.05, 0) is 52.2 Å². The SMILES string of the molecule is C[C@@H](NC(=O)OC(C)(C)C)C(=O)Nc1ccccc1CCCC(N)=O. The maximum atomic E-state index is 12.3. The fourth-order valence-corrected chi connectivity index (χ4v) is 2.10. The van der Waals surface area contributed by atoms with Crippen LogP contribution in [-0.2, 0) is 20.7 Å². The minimum Gasteiger partial charge on any atom is -0.444 e. The highest BCUT2D eigenvalue weighted by Crippen LogP contribution is 2.18. The lowest BCUT2D eigenvalue weighted by atomic mass is 10.1. The first-order valence-corrected chi connectivity index (χ1v) is 8.25. The van der Waals surface area contributed by atoms with Gasteiger partial charge in [0.25, 0.3) is 0 Å². The fourth-order valence-electron chi connectivity index (χ4n) is 2.10. The van der Waals surface area contributed by atoms with E-state index >= 15 is 0 Å². The maximum absolute atomic E-state index is 12.3. The predicted molar refractivity (Wildman–Crippen MR) is 96.0 cm³/mol. The molecule has 0 aliphatic carbocycles. The van der Waals surface area contributed by atoms with Crippen LogP contribution in [0.15, 0.2) is 24.3 Å². The molecule has 7 nitrogen and oxygen atoms in total. The van der Waals surface area contributed by atoms with Gasteiger partial charge < -0.3 is 21.1 Å². The minimum atomic E-state index is -0.756. The molecule has 1 aromatic carbocycles. The molecule has 0 radical (unpaired) electrons. The van der Waals surface area contributed by atoms with Crippen molar-refractivity contribution in [3.8, 4) is 0 Å². The Hall–Kier alpha value is -2.57. The van der Waals surface area contributed by atoms with Crippen LogP contribution in [0.1, 0.15) is 46.1 Å². The Morgan fingerprint density at radius 3 is 2.44 bits per heavy atom. The largest absolute Gasteiger partial charge is 0.444 e. The number of anilines is 1. The molecule has 1 rings (SSSR count). The van der Waals surface area contributed by atoms with Crippen molar-refractivity contribution in [2.24, 2.45) is 5.73 Å². The maximum Gasteiger partial charge on any atom is 0.408 e. The number of rotatable bonds is 7. The quantitative estimate of drug-likeness (QED) is 0.701. The van der Waals surface area contributed by atoms with Gasteiger partial charge in [0.15, 0.2) is 0 Å². The number of nitrogens with two attached hydrogens (primary N) is 1. The summed E-state index contributed by atoms with van der Waals surface area (Å²) < 4.78 is 5.13. The standard InChI is InChI=1S/C18H27N3O4/c1-12(20-17(24)25-18(2,3)4)16(23)21-14-10-6-5-8-13(14)9-7-11-15(19)22/h5-6,8,10,12H,7,9,11H2,1-4H3,(H2,19,22)(H,20,24)(H,21,23)/t12-/m1/s1. The molecule has 4 N–H and O–H groups in total. The van der Waals surface area contributed by atoms with E-state index in [0.717, 1.165) is 5.56 Å². The van der Waals surface area contributed by atoms with Crippen molar-refractivity contribution in [2.75, 3.05) is 5.32 Å². The molecule has 138 valence electrons. The Labute approximate surface area is 148 Å². The zero-order chi connectivity index (χ0) is 19.0. The Bertz CT molecular complexity index is 623. The van der Waals surface area contributed by atoms with Gasteiger partial charge in [-0.3, -0.25) is 9.59 Å². The van der Waals surface area contributed by atoms with Crippen LogP contribution in [0.5, 0.6) is 0 Å². The molecule has 0 heterocycles. The third-order valence-electron chi connectivity index (χ3n) is 3.27. The number of primary amides is 1. The molecule has 0 spiro atoms. The highest BCUT2D eigenvalue weighted by atomic mass is 16.6. The van der Waals surface area contributed by atoms with Crippen LogP contribution in [0.2, 0.25) is 0 Å². The monoisotopic (exact) mass is 349 g/mol. The Morgan fingerprint density at radius 1 is 1.20 bits per heavy atom. The number of carbonyl (C=O) groups is 3. The van der Waals surface area contributed by atoms with Crippen molar-refractivity contribution in [1.29, 1.82) is 0 Å². The zero-order valence-electron chi connectivity index (χ0n) is 15.2. The van der Waals surface area contributed by atoms with Crippen molar-refractivity contribution in [3.05, 3.63) is 29.8 Å². The van der Waals surface area contributed by atoms with Crippen LogP contribution in [0.4, 0.5) is 10.5 Å². The van der Waals surface area contributed by atoms with Gasteiger partial charge in [-0.15, -0.1) is 0 Å². The summed E-state index contributed by atoms with van der Waals surface area (Å²) in [6.45, 7) is 6.83. The van der Waals surface area contributed by atoms with Gasteiger partial charge in [0.05, 0.1) is 0 Å². The van der Waals surface area contributed by atoms with E-state index in [1.165, 1.54) is 0 Å². The number of para-hydroxylation sites is 1. The second-order valence-electron chi connectivity index (χ2n) is 6.83. The lowest BCUT2D eigenvalue weighted by Crippen LogP contribution is -2.44. The molecule has 0 aliphatic rings. The number of ether oxygens (including phenoxy) is 1. The van der Waals surface area contributed by atoms with Gasteiger partial charge in [0.1, 0.15) is 11.6 Å². The number of hydrogen-bond donors (Lipinski definition) is 3. The number of hydrogen-bond acceptors (Lipinski definition) is 4. The summed E-state index contributed by atoms with van der Waals surface area (Å²) in [5.74, 6) is -0.704. The van der Waals surface area contributed by atoms with Gasteiger partial charge in [-0.25, -0.2) is 4.79 Å². The predicted octanol–water partition coefficient (Wildman–Crippen LogP) is 2.35. The highest BCUT2D eigenvalue weighted by Gasteiger charge is 2.21. The van der Waals surface area contributed by atoms with Gasteiger partial charge in [0.2, 0.25) is 11.8 Å². The molecule has 0 saturated heterocycles. The van der Waals surface area contributed by atoms with Crippen molar-refractivity contribution in [3.63, 3.8) is 0 Å².